The number of piperidine rings is 1. The van der Waals surface area contributed by atoms with Gasteiger partial charge in [-0.2, -0.15) is 4.37 Å². The van der Waals surface area contributed by atoms with Crippen molar-refractivity contribution in [1.82, 2.24) is 14.6 Å². The molecule has 1 N–H and O–H groups in total. The quantitative estimate of drug-likeness (QED) is 0.947. The van der Waals surface area contributed by atoms with Crippen molar-refractivity contribution >= 4 is 28.3 Å². The highest BCUT2D eigenvalue weighted by Crippen LogP contribution is 2.27. The third kappa shape index (κ3) is 2.52. The Hall–Kier alpha value is -1.46. The second kappa shape index (κ2) is 5.63. The number of rotatable bonds is 3. The molecular formula is C17H21N3OS. The second-order valence-electron chi connectivity index (χ2n) is 6.51. The molecule has 0 aliphatic carbocycles. The highest BCUT2D eigenvalue weighted by Gasteiger charge is 2.32. The maximum Gasteiger partial charge on any atom is 0.251 e. The van der Waals surface area contributed by atoms with Crippen molar-refractivity contribution in [3.63, 3.8) is 0 Å². The maximum atomic E-state index is 12.6. The van der Waals surface area contributed by atoms with Crippen molar-refractivity contribution in [2.45, 2.75) is 32.2 Å². The Balaban J connectivity index is 1.52. The SMILES string of the molecule is CCc1snc2ccc(C(=O)N[C@@H]3C[C@H]4CCN(C4)C3)cc12. The van der Waals surface area contributed by atoms with Crippen LogP contribution < -0.4 is 5.32 Å². The average molecular weight is 315 g/mol. The summed E-state index contributed by atoms with van der Waals surface area (Å²) in [6.45, 7) is 5.55. The molecule has 5 heteroatoms. The van der Waals surface area contributed by atoms with Crippen LogP contribution in [0.3, 0.4) is 0 Å². The van der Waals surface area contributed by atoms with Gasteiger partial charge >= 0.3 is 0 Å². The lowest BCUT2D eigenvalue weighted by molar-refractivity contribution is 0.0909. The maximum absolute atomic E-state index is 12.6. The molecule has 2 saturated heterocycles. The molecule has 2 fully saturated rings. The minimum atomic E-state index is 0.0580. The van der Waals surface area contributed by atoms with Gasteiger partial charge in [0.1, 0.15) is 0 Å². The summed E-state index contributed by atoms with van der Waals surface area (Å²) in [5.41, 5.74) is 1.76. The number of amides is 1. The molecule has 2 aliphatic heterocycles. The third-order valence-corrected chi connectivity index (χ3v) is 5.95. The Kier molecular flexibility index (Phi) is 3.62. The Morgan fingerprint density at radius 2 is 2.36 bits per heavy atom. The number of fused-ring (bicyclic) bond motifs is 3. The Morgan fingerprint density at radius 1 is 1.45 bits per heavy atom. The van der Waals surface area contributed by atoms with E-state index in [1.165, 1.54) is 35.9 Å². The first-order valence-electron chi connectivity index (χ1n) is 8.14. The van der Waals surface area contributed by atoms with Crippen molar-refractivity contribution in [2.24, 2.45) is 5.92 Å². The van der Waals surface area contributed by atoms with E-state index < -0.39 is 0 Å². The van der Waals surface area contributed by atoms with Crippen LogP contribution in [0.25, 0.3) is 10.9 Å². The number of nitrogens with zero attached hydrogens (tertiary/aromatic N) is 2. The summed E-state index contributed by atoms with van der Waals surface area (Å²) in [5, 5.41) is 4.36. The lowest BCUT2D eigenvalue weighted by Crippen LogP contribution is -2.47. The van der Waals surface area contributed by atoms with Crippen LogP contribution in [0.15, 0.2) is 18.2 Å². The third-order valence-electron chi connectivity index (χ3n) is 4.94. The van der Waals surface area contributed by atoms with Crippen LogP contribution in [0.4, 0.5) is 0 Å². The molecule has 116 valence electrons. The predicted octanol–water partition coefficient (Wildman–Crippen LogP) is 2.68. The fraction of sp³-hybridized carbons (Fsp3) is 0.529. The van der Waals surface area contributed by atoms with Crippen LogP contribution in [0.2, 0.25) is 0 Å². The topological polar surface area (TPSA) is 45.2 Å². The van der Waals surface area contributed by atoms with E-state index in [9.17, 15) is 4.79 Å². The molecule has 3 atom stereocenters. The van der Waals surface area contributed by atoms with Crippen LogP contribution in [0.1, 0.15) is 35.0 Å². The molecule has 3 heterocycles. The molecule has 1 aromatic carbocycles. The summed E-state index contributed by atoms with van der Waals surface area (Å²) < 4.78 is 4.44. The van der Waals surface area contributed by atoms with Crippen molar-refractivity contribution in [2.75, 3.05) is 19.6 Å². The van der Waals surface area contributed by atoms with Crippen LogP contribution in [-0.4, -0.2) is 40.9 Å². The van der Waals surface area contributed by atoms with Gasteiger partial charge in [0.15, 0.2) is 0 Å². The van der Waals surface area contributed by atoms with E-state index in [1.807, 2.05) is 18.2 Å². The van der Waals surface area contributed by atoms with Gasteiger partial charge < -0.3 is 10.2 Å². The highest BCUT2D eigenvalue weighted by molar-refractivity contribution is 7.07. The van der Waals surface area contributed by atoms with Gasteiger partial charge in [-0.15, -0.1) is 0 Å². The first-order valence-corrected chi connectivity index (χ1v) is 8.92. The molecule has 0 spiro atoms. The van der Waals surface area contributed by atoms with Crippen LogP contribution in [-0.2, 0) is 6.42 Å². The zero-order chi connectivity index (χ0) is 15.1. The predicted molar refractivity (Wildman–Crippen MR) is 89.4 cm³/mol. The minimum Gasteiger partial charge on any atom is -0.348 e. The van der Waals surface area contributed by atoms with E-state index in [0.29, 0.717) is 6.04 Å². The monoisotopic (exact) mass is 315 g/mol. The second-order valence-corrected chi connectivity index (χ2v) is 7.37. The minimum absolute atomic E-state index is 0.0580. The highest BCUT2D eigenvalue weighted by atomic mass is 32.1. The van der Waals surface area contributed by atoms with Crippen LogP contribution in [0.5, 0.6) is 0 Å². The van der Waals surface area contributed by atoms with Gasteiger partial charge in [-0.25, -0.2) is 0 Å². The lowest BCUT2D eigenvalue weighted by atomic mass is 9.96. The molecular weight excluding hydrogens is 294 g/mol. The molecule has 4 nitrogen and oxygen atoms in total. The molecule has 1 amide bonds. The molecule has 4 rings (SSSR count). The first kappa shape index (κ1) is 14.2. The first-order chi connectivity index (χ1) is 10.7. The Bertz CT molecular complexity index is 699. The van der Waals surface area contributed by atoms with Crippen molar-refractivity contribution in [3.8, 4) is 0 Å². The molecule has 2 aromatic rings. The van der Waals surface area contributed by atoms with Gasteiger partial charge in [0.05, 0.1) is 5.52 Å². The number of nitrogens with one attached hydrogen (secondary N) is 1. The average Bonchev–Trinajstić information content (AvgIpc) is 3.09. The normalized spacial score (nSPS) is 27.2. The molecule has 2 bridgehead atoms. The number of benzene rings is 1. The van der Waals surface area contributed by atoms with Gasteiger partial charge in [-0.3, -0.25) is 4.79 Å². The Morgan fingerprint density at radius 3 is 3.18 bits per heavy atom. The smallest absolute Gasteiger partial charge is 0.251 e. The summed E-state index contributed by atoms with van der Waals surface area (Å²) in [7, 11) is 0. The van der Waals surface area contributed by atoms with Gasteiger partial charge in [-0.1, -0.05) is 6.92 Å². The number of carbonyl (C=O) groups is 1. The lowest BCUT2D eigenvalue weighted by Gasteiger charge is -2.30. The summed E-state index contributed by atoms with van der Waals surface area (Å²) in [6.07, 6.45) is 3.38. The van der Waals surface area contributed by atoms with Crippen LogP contribution >= 0.6 is 11.5 Å². The summed E-state index contributed by atoms with van der Waals surface area (Å²) in [6, 6.07) is 6.17. The van der Waals surface area contributed by atoms with Crippen LogP contribution in [0, 0.1) is 5.92 Å². The van der Waals surface area contributed by atoms with Crippen molar-refractivity contribution < 1.29 is 4.79 Å². The largest absolute Gasteiger partial charge is 0.348 e. The van der Waals surface area contributed by atoms with E-state index in [1.54, 1.807) is 0 Å². The van der Waals surface area contributed by atoms with E-state index in [4.69, 9.17) is 0 Å². The number of hydrogen-bond donors (Lipinski definition) is 1. The Labute approximate surface area is 134 Å². The fourth-order valence-corrected chi connectivity index (χ4v) is 4.58. The summed E-state index contributed by atoms with van der Waals surface area (Å²) >= 11 is 1.54. The zero-order valence-corrected chi connectivity index (χ0v) is 13.7. The summed E-state index contributed by atoms with van der Waals surface area (Å²) in [4.78, 5) is 16.3. The number of hydrogen-bond acceptors (Lipinski definition) is 4. The fourth-order valence-electron chi connectivity index (χ4n) is 3.82. The van der Waals surface area contributed by atoms with Crippen molar-refractivity contribution in [1.29, 1.82) is 0 Å². The van der Waals surface area contributed by atoms with Gasteiger partial charge in [0, 0.05) is 35.0 Å². The van der Waals surface area contributed by atoms with E-state index in [-0.39, 0.29) is 5.91 Å². The molecule has 1 unspecified atom stereocenters. The number of aryl methyl sites for hydroxylation is 1. The summed E-state index contributed by atoms with van der Waals surface area (Å²) in [5.74, 6) is 0.831. The number of aromatic nitrogens is 1. The van der Waals surface area contributed by atoms with Gasteiger partial charge in [-0.05, 0) is 61.5 Å². The molecule has 0 saturated carbocycles. The van der Waals surface area contributed by atoms with Gasteiger partial charge in [0.2, 0.25) is 0 Å². The zero-order valence-electron chi connectivity index (χ0n) is 12.8. The van der Waals surface area contributed by atoms with Crippen molar-refractivity contribution in [3.05, 3.63) is 28.6 Å². The van der Waals surface area contributed by atoms with E-state index >= 15 is 0 Å². The molecule has 0 radical (unpaired) electrons. The van der Waals surface area contributed by atoms with Gasteiger partial charge in [0.25, 0.3) is 5.91 Å². The molecule has 2 aliphatic rings. The van der Waals surface area contributed by atoms with E-state index in [2.05, 4.69) is 21.5 Å². The van der Waals surface area contributed by atoms with E-state index in [0.717, 1.165) is 41.8 Å². The molecule has 22 heavy (non-hydrogen) atoms. The molecule has 1 aromatic heterocycles. The number of carbonyl (C=O) groups excluding carboxylic acids is 1. The standard InChI is InChI=1S/C17H21N3OS/c1-2-16-14-8-12(3-4-15(14)19-22-16)17(21)18-13-7-11-5-6-20(9-11)10-13/h3-4,8,11,13H,2,5-7,9-10H2,1H3,(H,18,21)/t11-,13-/m1/s1.